The molecule has 4 radical (unpaired) electrons. The molecule has 1 spiro atoms. The fourth-order valence-electron chi connectivity index (χ4n) is 0.303. The molecule has 0 unspecified atom stereocenters. The second-order valence-electron chi connectivity index (χ2n) is 1.07. The van der Waals surface area contributed by atoms with Crippen LogP contribution in [0.1, 0.15) is 0 Å². The summed E-state index contributed by atoms with van der Waals surface area (Å²) in [5, 5.41) is 0. The van der Waals surface area contributed by atoms with E-state index < -0.39 is 0 Å². The topological polar surface area (TPSA) is 0 Å². The predicted molar refractivity (Wildman–Crippen MR) is 44.6 cm³/mol. The van der Waals surface area contributed by atoms with Crippen LogP contribution < -0.4 is 0 Å². The second kappa shape index (κ2) is 2.56. The molecule has 2 saturated heterocycles. The average molecular weight is 378 g/mol. The number of hydrogen-bond acceptors (Lipinski definition) is 4. The molecule has 2 rings (SSSR count). The van der Waals surface area contributed by atoms with Crippen molar-refractivity contribution in [3.63, 3.8) is 0 Å². The van der Waals surface area contributed by atoms with Crippen LogP contribution in [-0.2, 0) is 0 Å². The Labute approximate surface area is 73.7 Å². The van der Waals surface area contributed by atoms with Crippen LogP contribution in [0.25, 0.3) is 0 Å². The SMILES string of the molecule is [S]1[Sn][S]C12[S][Sn][S]2. The van der Waals surface area contributed by atoms with Crippen LogP contribution in [0.2, 0.25) is 0 Å². The Hall–Kier alpha value is 3.00. The van der Waals surface area contributed by atoms with E-state index >= 15 is 0 Å². The van der Waals surface area contributed by atoms with E-state index in [1.807, 2.05) is 0 Å². The molecular weight excluding hydrogens is 378 g/mol. The molecule has 0 aromatic carbocycles. The molecule has 2 aliphatic heterocycles. The first-order valence-corrected chi connectivity index (χ1v) is 18.9. The molecule has 0 saturated carbocycles. The first-order chi connectivity index (χ1) is 3.41. The van der Waals surface area contributed by atoms with Gasteiger partial charge in [0.15, 0.2) is 0 Å². The molecule has 0 nitrogen and oxygen atoms in total. The molecule has 6 heteroatoms. The van der Waals surface area contributed by atoms with Gasteiger partial charge in [-0.2, -0.15) is 0 Å². The van der Waals surface area contributed by atoms with Crippen LogP contribution in [0.3, 0.4) is 0 Å². The first-order valence-electron chi connectivity index (χ1n) is 1.63. The van der Waals surface area contributed by atoms with Gasteiger partial charge in [0.05, 0.1) is 0 Å². The van der Waals surface area contributed by atoms with Crippen molar-refractivity contribution in [3.05, 3.63) is 0 Å². The molecule has 2 aliphatic rings. The third-order valence-corrected chi connectivity index (χ3v) is 40.2. The van der Waals surface area contributed by atoms with Crippen LogP contribution in [0.4, 0.5) is 0 Å². The Morgan fingerprint density at radius 1 is 0.857 bits per heavy atom. The Bertz CT molecular complexity index is 70.2. The van der Waals surface area contributed by atoms with Crippen LogP contribution >= 0.6 is 35.8 Å². The molecule has 0 aliphatic carbocycles. The van der Waals surface area contributed by atoms with Crippen LogP contribution in [0.15, 0.2) is 0 Å². The Morgan fingerprint density at radius 3 is 1.29 bits per heavy atom. The van der Waals surface area contributed by atoms with Gasteiger partial charge in [0, 0.05) is 0 Å². The Kier molecular flexibility index (Phi) is 2.45. The molecule has 0 amide bonds. The van der Waals surface area contributed by atoms with Crippen molar-refractivity contribution in [2.45, 2.75) is 2.74 Å². The summed E-state index contributed by atoms with van der Waals surface area (Å²) in [7, 11) is 9.18. The number of hydrogen-bond donors (Lipinski definition) is 0. The molecule has 2 fully saturated rings. The summed E-state index contributed by atoms with van der Waals surface area (Å²) in [4.78, 5) is 0. The summed E-state index contributed by atoms with van der Waals surface area (Å²) >= 11 is 0.278. The third-order valence-electron chi connectivity index (χ3n) is 0.667. The summed E-state index contributed by atoms with van der Waals surface area (Å²) in [5.74, 6) is 0. The van der Waals surface area contributed by atoms with Crippen LogP contribution in [0.5, 0.6) is 0 Å². The van der Waals surface area contributed by atoms with Crippen molar-refractivity contribution >= 4 is 72.5 Å². The normalized spacial score (nSPS) is 34.3. The monoisotopic (exact) mass is 380 g/mol. The van der Waals surface area contributed by atoms with Gasteiger partial charge in [-0.1, -0.05) is 0 Å². The molecule has 2 heterocycles. The van der Waals surface area contributed by atoms with E-state index in [9.17, 15) is 0 Å². The maximum atomic E-state index is 2.30. The van der Waals surface area contributed by atoms with Gasteiger partial charge in [0.1, 0.15) is 0 Å². The van der Waals surface area contributed by atoms with Gasteiger partial charge < -0.3 is 0 Å². The summed E-state index contributed by atoms with van der Waals surface area (Å²) in [6, 6.07) is 0. The quantitative estimate of drug-likeness (QED) is 0.588. The van der Waals surface area contributed by atoms with Gasteiger partial charge in [-0.05, 0) is 0 Å². The number of rotatable bonds is 0. The third kappa shape index (κ3) is 1.22. The molecule has 0 N–H and O–H groups in total. The molecule has 0 bridgehead atoms. The average Bonchev–Trinajstić information content (AvgIpc) is 1.20. The minimum atomic E-state index is 0.139. The Morgan fingerprint density at radius 2 is 1.29 bits per heavy atom. The van der Waals surface area contributed by atoms with E-state index in [4.69, 9.17) is 0 Å². The Balaban J connectivity index is 2.00. The minimum absolute atomic E-state index is 0.139. The fraction of sp³-hybridized carbons (Fsp3) is 1.00. The zero-order valence-corrected chi connectivity index (χ0v) is 12.1. The van der Waals surface area contributed by atoms with Gasteiger partial charge in [0.2, 0.25) is 0 Å². The molecule has 0 aromatic rings. The molecule has 0 aromatic heterocycles. The predicted octanol–water partition coefficient (Wildman–Crippen LogP) is 1.63. The standard InChI is InChI=1S/CH4S4.2Sn/c2-1(3,4)5;;/h2-5H;;/q;2*+2/p-4. The van der Waals surface area contributed by atoms with Crippen molar-refractivity contribution in [1.29, 1.82) is 0 Å². The zero-order valence-electron chi connectivity index (χ0n) is 3.13. The van der Waals surface area contributed by atoms with E-state index in [-0.39, 0.29) is 36.8 Å². The van der Waals surface area contributed by atoms with Gasteiger partial charge in [-0.25, -0.2) is 0 Å². The molecule has 0 atom stereocenters. The van der Waals surface area contributed by atoms with E-state index in [0.717, 1.165) is 2.74 Å². The summed E-state index contributed by atoms with van der Waals surface area (Å²) in [5.41, 5.74) is 0. The molecule has 36 valence electrons. The molecular formula is CS4Sn2. The van der Waals surface area contributed by atoms with Gasteiger partial charge in [-0.15, -0.1) is 0 Å². The van der Waals surface area contributed by atoms with Crippen LogP contribution in [-0.4, -0.2) is 39.5 Å². The zero-order chi connectivity index (χ0) is 4.74. The van der Waals surface area contributed by atoms with E-state index in [1.54, 1.807) is 0 Å². The van der Waals surface area contributed by atoms with Crippen molar-refractivity contribution < 1.29 is 0 Å². The van der Waals surface area contributed by atoms with Crippen molar-refractivity contribution in [3.8, 4) is 0 Å². The molecule has 7 heavy (non-hydrogen) atoms. The summed E-state index contributed by atoms with van der Waals surface area (Å²) in [6.07, 6.45) is 0. The first kappa shape index (κ1) is 6.69. The van der Waals surface area contributed by atoms with Crippen molar-refractivity contribution in [1.82, 2.24) is 0 Å². The van der Waals surface area contributed by atoms with Crippen LogP contribution in [0, 0.1) is 0 Å². The van der Waals surface area contributed by atoms with Crippen molar-refractivity contribution in [2.24, 2.45) is 0 Å². The fourth-order valence-corrected chi connectivity index (χ4v) is 63.4. The summed E-state index contributed by atoms with van der Waals surface area (Å²) in [6.45, 7) is 0. The van der Waals surface area contributed by atoms with Gasteiger partial charge in [-0.3, -0.25) is 0 Å². The maximum absolute atomic E-state index is 2.30. The van der Waals surface area contributed by atoms with E-state index in [0.29, 0.717) is 0 Å². The van der Waals surface area contributed by atoms with Gasteiger partial charge in [0.25, 0.3) is 0 Å². The van der Waals surface area contributed by atoms with Crippen molar-refractivity contribution in [2.75, 3.05) is 0 Å². The van der Waals surface area contributed by atoms with E-state index in [1.165, 1.54) is 0 Å². The second-order valence-corrected chi connectivity index (χ2v) is 22.8. The summed E-state index contributed by atoms with van der Waals surface area (Å²) < 4.78 is 0.762. The van der Waals surface area contributed by atoms with E-state index in [2.05, 4.69) is 35.8 Å². The van der Waals surface area contributed by atoms with Gasteiger partial charge >= 0.3 is 75.3 Å².